The molecule has 1 aliphatic carbocycles. The predicted molar refractivity (Wildman–Crippen MR) is 71.1 cm³/mol. The van der Waals surface area contributed by atoms with Gasteiger partial charge in [0, 0.05) is 45.0 Å². The first-order valence-corrected chi connectivity index (χ1v) is 6.67. The van der Waals surface area contributed by atoms with Crippen molar-refractivity contribution in [3.05, 3.63) is 22.8 Å². The normalized spacial score (nSPS) is 14.8. The lowest BCUT2D eigenvalue weighted by atomic mass is 10.2. The lowest BCUT2D eigenvalue weighted by molar-refractivity contribution is 0.170. The number of nitrogens with zero attached hydrogens (tertiary/aromatic N) is 1. The van der Waals surface area contributed by atoms with Crippen molar-refractivity contribution < 1.29 is 9.47 Å². The van der Waals surface area contributed by atoms with Crippen LogP contribution in [0, 0.1) is 0 Å². The van der Waals surface area contributed by atoms with Gasteiger partial charge in [-0.15, -0.1) is 0 Å². The van der Waals surface area contributed by atoms with E-state index in [1.807, 2.05) is 6.07 Å². The Balaban J connectivity index is 1.83. The Morgan fingerprint density at radius 2 is 2.28 bits per heavy atom. The number of rotatable bonds is 8. The number of ether oxygens (including phenoxy) is 2. The zero-order chi connectivity index (χ0) is 12.8. The van der Waals surface area contributed by atoms with E-state index in [1.54, 1.807) is 13.3 Å². The quantitative estimate of drug-likeness (QED) is 0.737. The second-order valence-corrected chi connectivity index (χ2v) is 4.87. The van der Waals surface area contributed by atoms with Crippen LogP contribution in [0.5, 0.6) is 5.88 Å². The van der Waals surface area contributed by atoms with E-state index in [0.717, 1.165) is 18.5 Å². The fraction of sp³-hybridized carbons (Fsp3) is 0.615. The van der Waals surface area contributed by atoms with Gasteiger partial charge >= 0.3 is 0 Å². The molecule has 0 unspecified atom stereocenters. The number of aromatic nitrogens is 1. The first kappa shape index (κ1) is 13.6. The second-order valence-electron chi connectivity index (χ2n) is 4.46. The number of methoxy groups -OCH3 is 1. The fourth-order valence-corrected chi connectivity index (χ4v) is 1.76. The van der Waals surface area contributed by atoms with Crippen LogP contribution in [-0.2, 0) is 11.3 Å². The standard InChI is InChI=1S/C13H19ClN2O2/c1-17-5-2-6-18-13-7-10(12(14)9-16-13)8-15-11-3-4-11/h7,9,11,15H,2-6,8H2,1H3. The summed E-state index contributed by atoms with van der Waals surface area (Å²) in [4.78, 5) is 4.16. The van der Waals surface area contributed by atoms with Gasteiger partial charge < -0.3 is 14.8 Å². The van der Waals surface area contributed by atoms with E-state index in [2.05, 4.69) is 10.3 Å². The van der Waals surface area contributed by atoms with Crippen molar-refractivity contribution in [2.45, 2.75) is 31.8 Å². The third kappa shape index (κ3) is 4.44. The molecule has 0 radical (unpaired) electrons. The van der Waals surface area contributed by atoms with Gasteiger partial charge in [0.1, 0.15) is 0 Å². The molecule has 1 saturated carbocycles. The highest BCUT2D eigenvalue weighted by molar-refractivity contribution is 6.31. The van der Waals surface area contributed by atoms with Crippen molar-refractivity contribution in [1.82, 2.24) is 10.3 Å². The van der Waals surface area contributed by atoms with Crippen LogP contribution in [0.4, 0.5) is 0 Å². The van der Waals surface area contributed by atoms with E-state index in [0.29, 0.717) is 30.2 Å². The Bertz CT molecular complexity index is 383. The van der Waals surface area contributed by atoms with Gasteiger partial charge in [-0.3, -0.25) is 0 Å². The highest BCUT2D eigenvalue weighted by atomic mass is 35.5. The van der Waals surface area contributed by atoms with Gasteiger partial charge in [0.25, 0.3) is 0 Å². The molecule has 0 amide bonds. The summed E-state index contributed by atoms with van der Waals surface area (Å²) in [6.07, 6.45) is 5.04. The summed E-state index contributed by atoms with van der Waals surface area (Å²) < 4.78 is 10.5. The highest BCUT2D eigenvalue weighted by Gasteiger charge is 2.20. The van der Waals surface area contributed by atoms with E-state index in [-0.39, 0.29) is 0 Å². The lowest BCUT2D eigenvalue weighted by Crippen LogP contribution is -2.15. The van der Waals surface area contributed by atoms with Crippen molar-refractivity contribution in [1.29, 1.82) is 0 Å². The molecule has 1 aliphatic rings. The Hall–Kier alpha value is -0.840. The van der Waals surface area contributed by atoms with Crippen molar-refractivity contribution in [2.75, 3.05) is 20.3 Å². The summed E-state index contributed by atoms with van der Waals surface area (Å²) >= 11 is 6.11. The van der Waals surface area contributed by atoms with Crippen LogP contribution >= 0.6 is 11.6 Å². The smallest absolute Gasteiger partial charge is 0.213 e. The summed E-state index contributed by atoms with van der Waals surface area (Å²) in [7, 11) is 1.68. The molecule has 1 fully saturated rings. The molecule has 1 N–H and O–H groups in total. The van der Waals surface area contributed by atoms with Gasteiger partial charge in [-0.05, 0) is 18.4 Å². The largest absolute Gasteiger partial charge is 0.478 e. The molecule has 5 heteroatoms. The van der Waals surface area contributed by atoms with Gasteiger partial charge in [0.2, 0.25) is 5.88 Å². The van der Waals surface area contributed by atoms with Gasteiger partial charge in [0.05, 0.1) is 11.6 Å². The molecule has 0 aliphatic heterocycles. The molecule has 0 bridgehead atoms. The maximum atomic E-state index is 6.11. The van der Waals surface area contributed by atoms with Crippen LogP contribution < -0.4 is 10.1 Å². The number of nitrogens with one attached hydrogen (secondary N) is 1. The van der Waals surface area contributed by atoms with Crippen LogP contribution in [-0.4, -0.2) is 31.3 Å². The van der Waals surface area contributed by atoms with Gasteiger partial charge in [0.15, 0.2) is 0 Å². The van der Waals surface area contributed by atoms with E-state index in [4.69, 9.17) is 21.1 Å². The van der Waals surface area contributed by atoms with E-state index < -0.39 is 0 Å². The summed E-state index contributed by atoms with van der Waals surface area (Å²) in [6, 6.07) is 2.57. The minimum atomic E-state index is 0.609. The minimum absolute atomic E-state index is 0.609. The zero-order valence-corrected chi connectivity index (χ0v) is 11.4. The summed E-state index contributed by atoms with van der Waals surface area (Å²) in [5, 5.41) is 4.12. The molecule has 0 spiro atoms. The fourth-order valence-electron chi connectivity index (χ4n) is 1.59. The number of pyridine rings is 1. The zero-order valence-electron chi connectivity index (χ0n) is 10.6. The third-order valence-corrected chi connectivity index (χ3v) is 3.15. The van der Waals surface area contributed by atoms with E-state index in [1.165, 1.54) is 12.8 Å². The molecular formula is C13H19ClN2O2. The van der Waals surface area contributed by atoms with Gasteiger partial charge in [-0.1, -0.05) is 11.6 Å². The summed E-state index contributed by atoms with van der Waals surface area (Å²) in [6.45, 7) is 2.09. The maximum Gasteiger partial charge on any atom is 0.213 e. The van der Waals surface area contributed by atoms with Crippen LogP contribution in [0.2, 0.25) is 5.02 Å². The average Bonchev–Trinajstić information content (AvgIpc) is 3.19. The minimum Gasteiger partial charge on any atom is -0.478 e. The molecule has 1 heterocycles. The second kappa shape index (κ2) is 6.92. The van der Waals surface area contributed by atoms with Crippen molar-refractivity contribution in [3.8, 4) is 5.88 Å². The van der Waals surface area contributed by atoms with Crippen molar-refractivity contribution in [3.63, 3.8) is 0 Å². The number of halogens is 1. The summed E-state index contributed by atoms with van der Waals surface area (Å²) in [5.74, 6) is 0.628. The average molecular weight is 271 g/mol. The monoisotopic (exact) mass is 270 g/mol. The molecule has 0 saturated heterocycles. The van der Waals surface area contributed by atoms with Crippen LogP contribution in [0.25, 0.3) is 0 Å². The molecule has 4 nitrogen and oxygen atoms in total. The molecule has 1 aromatic rings. The van der Waals surface area contributed by atoms with Crippen LogP contribution in [0.1, 0.15) is 24.8 Å². The summed E-state index contributed by atoms with van der Waals surface area (Å²) in [5.41, 5.74) is 1.04. The predicted octanol–water partition coefficient (Wildman–Crippen LogP) is 2.40. The molecule has 2 rings (SSSR count). The Labute approximate surface area is 113 Å². The van der Waals surface area contributed by atoms with E-state index in [9.17, 15) is 0 Å². The first-order chi connectivity index (χ1) is 8.79. The molecule has 100 valence electrons. The number of hydrogen-bond donors (Lipinski definition) is 1. The molecule has 0 atom stereocenters. The van der Waals surface area contributed by atoms with Crippen LogP contribution in [0.3, 0.4) is 0 Å². The topological polar surface area (TPSA) is 43.4 Å². The maximum absolute atomic E-state index is 6.11. The molecule has 1 aromatic heterocycles. The molecule has 0 aromatic carbocycles. The lowest BCUT2D eigenvalue weighted by Gasteiger charge is -2.09. The van der Waals surface area contributed by atoms with Crippen molar-refractivity contribution >= 4 is 11.6 Å². The molecule has 18 heavy (non-hydrogen) atoms. The Morgan fingerprint density at radius 1 is 1.44 bits per heavy atom. The Kier molecular flexibility index (Phi) is 5.23. The Morgan fingerprint density at radius 3 is 3.00 bits per heavy atom. The van der Waals surface area contributed by atoms with E-state index >= 15 is 0 Å². The highest BCUT2D eigenvalue weighted by Crippen LogP contribution is 2.23. The van der Waals surface area contributed by atoms with Crippen LogP contribution in [0.15, 0.2) is 12.3 Å². The third-order valence-electron chi connectivity index (χ3n) is 2.81. The first-order valence-electron chi connectivity index (χ1n) is 6.29. The molecular weight excluding hydrogens is 252 g/mol. The van der Waals surface area contributed by atoms with Crippen molar-refractivity contribution in [2.24, 2.45) is 0 Å². The van der Waals surface area contributed by atoms with Gasteiger partial charge in [-0.2, -0.15) is 0 Å². The van der Waals surface area contributed by atoms with Gasteiger partial charge in [-0.25, -0.2) is 4.98 Å². The SMILES string of the molecule is COCCCOc1cc(CNC2CC2)c(Cl)cn1. The number of hydrogen-bond acceptors (Lipinski definition) is 4.